The highest BCUT2D eigenvalue weighted by molar-refractivity contribution is 5.67. The van der Waals surface area contributed by atoms with Gasteiger partial charge in [0.25, 0.3) is 0 Å². The molecule has 1 aromatic heterocycles. The van der Waals surface area contributed by atoms with Gasteiger partial charge in [-0.2, -0.15) is 0 Å². The number of nitrogens with zero attached hydrogens (tertiary/aromatic N) is 2. The molecule has 15 heavy (non-hydrogen) atoms. The quantitative estimate of drug-likeness (QED) is 0.809. The van der Waals surface area contributed by atoms with Crippen molar-refractivity contribution in [3.05, 3.63) is 18.2 Å². The predicted octanol–water partition coefficient (Wildman–Crippen LogP) is 2.12. The SMILES string of the molecule is CC(C)Cn1cncc1C(C)CC(=O)O. The van der Waals surface area contributed by atoms with E-state index in [1.165, 1.54) is 0 Å². The van der Waals surface area contributed by atoms with Gasteiger partial charge in [0, 0.05) is 24.4 Å². The van der Waals surface area contributed by atoms with E-state index in [0.717, 1.165) is 12.2 Å². The molecule has 1 N–H and O–H groups in total. The minimum atomic E-state index is -0.764. The lowest BCUT2D eigenvalue weighted by molar-refractivity contribution is -0.137. The van der Waals surface area contributed by atoms with Gasteiger partial charge < -0.3 is 9.67 Å². The number of imidazole rings is 1. The Kier molecular flexibility index (Phi) is 3.88. The third-order valence-corrected chi connectivity index (χ3v) is 2.29. The molecule has 84 valence electrons. The second-order valence-corrected chi connectivity index (χ2v) is 4.36. The van der Waals surface area contributed by atoms with Crippen LogP contribution in [0.5, 0.6) is 0 Å². The van der Waals surface area contributed by atoms with Gasteiger partial charge in [0.1, 0.15) is 0 Å². The summed E-state index contributed by atoms with van der Waals surface area (Å²) in [5, 5.41) is 8.73. The average Bonchev–Trinajstić information content (AvgIpc) is 2.49. The number of hydrogen-bond acceptors (Lipinski definition) is 2. The van der Waals surface area contributed by atoms with E-state index in [1.807, 2.05) is 11.5 Å². The topological polar surface area (TPSA) is 55.1 Å². The molecule has 1 heterocycles. The van der Waals surface area contributed by atoms with E-state index in [9.17, 15) is 4.79 Å². The van der Waals surface area contributed by atoms with Gasteiger partial charge in [-0.1, -0.05) is 20.8 Å². The average molecular weight is 210 g/mol. The van der Waals surface area contributed by atoms with Gasteiger partial charge in [-0.15, -0.1) is 0 Å². The van der Waals surface area contributed by atoms with Crippen LogP contribution in [-0.2, 0) is 11.3 Å². The van der Waals surface area contributed by atoms with Crippen LogP contribution in [0.2, 0.25) is 0 Å². The summed E-state index contributed by atoms with van der Waals surface area (Å²) in [5.41, 5.74) is 1.01. The second kappa shape index (κ2) is 4.96. The van der Waals surface area contributed by atoms with Gasteiger partial charge >= 0.3 is 5.97 Å². The molecule has 1 rings (SSSR count). The largest absolute Gasteiger partial charge is 0.481 e. The van der Waals surface area contributed by atoms with Gasteiger partial charge in [0.2, 0.25) is 0 Å². The maximum Gasteiger partial charge on any atom is 0.304 e. The predicted molar refractivity (Wildman–Crippen MR) is 57.7 cm³/mol. The van der Waals surface area contributed by atoms with E-state index < -0.39 is 5.97 Å². The van der Waals surface area contributed by atoms with Crippen LogP contribution in [0.4, 0.5) is 0 Å². The van der Waals surface area contributed by atoms with Crippen molar-refractivity contribution in [2.24, 2.45) is 5.92 Å². The van der Waals surface area contributed by atoms with Crippen LogP contribution in [0.25, 0.3) is 0 Å². The molecule has 0 spiro atoms. The number of carboxylic acid groups (broad SMARTS) is 1. The van der Waals surface area contributed by atoms with E-state index in [0.29, 0.717) is 5.92 Å². The van der Waals surface area contributed by atoms with Gasteiger partial charge in [0.15, 0.2) is 0 Å². The van der Waals surface area contributed by atoms with E-state index in [-0.39, 0.29) is 12.3 Å². The Morgan fingerprint density at radius 3 is 2.73 bits per heavy atom. The smallest absolute Gasteiger partial charge is 0.304 e. The molecule has 4 nitrogen and oxygen atoms in total. The summed E-state index contributed by atoms with van der Waals surface area (Å²) in [5.74, 6) is -0.210. The number of rotatable bonds is 5. The number of carboxylic acids is 1. The molecule has 0 aliphatic carbocycles. The minimum Gasteiger partial charge on any atom is -0.481 e. The third-order valence-electron chi connectivity index (χ3n) is 2.29. The summed E-state index contributed by atoms with van der Waals surface area (Å²) < 4.78 is 2.04. The molecule has 0 saturated heterocycles. The monoisotopic (exact) mass is 210 g/mol. The van der Waals surface area contributed by atoms with Gasteiger partial charge in [-0.3, -0.25) is 4.79 Å². The Balaban J connectivity index is 2.75. The zero-order chi connectivity index (χ0) is 11.4. The number of hydrogen-bond donors (Lipinski definition) is 1. The lowest BCUT2D eigenvalue weighted by Gasteiger charge is -2.14. The Morgan fingerprint density at radius 1 is 1.53 bits per heavy atom. The first-order valence-corrected chi connectivity index (χ1v) is 5.22. The van der Waals surface area contributed by atoms with E-state index >= 15 is 0 Å². The molecule has 1 unspecified atom stereocenters. The standard InChI is InChI=1S/C11H18N2O2/c1-8(2)6-13-7-12-5-10(13)9(3)4-11(14)15/h5,7-9H,4,6H2,1-3H3,(H,14,15). The molecule has 0 aliphatic heterocycles. The molecule has 1 atom stereocenters. The van der Waals surface area contributed by atoms with Crippen molar-refractivity contribution in [1.82, 2.24) is 9.55 Å². The van der Waals surface area contributed by atoms with Crippen LogP contribution in [-0.4, -0.2) is 20.6 Å². The maximum atomic E-state index is 10.6. The third kappa shape index (κ3) is 3.38. The lowest BCUT2D eigenvalue weighted by atomic mass is 10.0. The molecule has 0 saturated carbocycles. The molecule has 0 amide bonds. The first-order valence-electron chi connectivity index (χ1n) is 5.22. The Hall–Kier alpha value is -1.32. The molecule has 0 aliphatic rings. The van der Waals surface area contributed by atoms with Crippen molar-refractivity contribution < 1.29 is 9.90 Å². The summed E-state index contributed by atoms with van der Waals surface area (Å²) in [6, 6.07) is 0. The van der Waals surface area contributed by atoms with Crippen molar-refractivity contribution in [3.8, 4) is 0 Å². The Labute approximate surface area is 89.9 Å². The molecule has 0 aromatic carbocycles. The van der Waals surface area contributed by atoms with E-state index in [2.05, 4.69) is 18.8 Å². The van der Waals surface area contributed by atoms with Crippen molar-refractivity contribution in [1.29, 1.82) is 0 Å². The van der Waals surface area contributed by atoms with E-state index in [4.69, 9.17) is 5.11 Å². The van der Waals surface area contributed by atoms with Crippen molar-refractivity contribution in [2.45, 2.75) is 39.7 Å². The molecule has 0 radical (unpaired) electrons. The Morgan fingerprint density at radius 2 is 2.20 bits per heavy atom. The number of aromatic nitrogens is 2. The maximum absolute atomic E-state index is 10.6. The van der Waals surface area contributed by atoms with Crippen LogP contribution in [0, 0.1) is 5.92 Å². The minimum absolute atomic E-state index is 0.0174. The summed E-state index contributed by atoms with van der Waals surface area (Å²) in [6.07, 6.45) is 3.69. The number of aliphatic carboxylic acids is 1. The highest BCUT2D eigenvalue weighted by Gasteiger charge is 2.14. The van der Waals surface area contributed by atoms with E-state index in [1.54, 1.807) is 12.5 Å². The molecule has 0 fully saturated rings. The van der Waals surface area contributed by atoms with Crippen LogP contribution >= 0.6 is 0 Å². The second-order valence-electron chi connectivity index (χ2n) is 4.36. The normalized spacial score (nSPS) is 13.1. The van der Waals surface area contributed by atoms with Crippen molar-refractivity contribution >= 4 is 5.97 Å². The van der Waals surface area contributed by atoms with Crippen LogP contribution in [0.15, 0.2) is 12.5 Å². The zero-order valence-corrected chi connectivity index (χ0v) is 9.47. The van der Waals surface area contributed by atoms with Gasteiger partial charge in [0.05, 0.1) is 12.7 Å². The van der Waals surface area contributed by atoms with Crippen molar-refractivity contribution in [2.75, 3.05) is 0 Å². The fourth-order valence-electron chi connectivity index (χ4n) is 1.65. The molecule has 0 bridgehead atoms. The first-order chi connectivity index (χ1) is 7.00. The zero-order valence-electron chi connectivity index (χ0n) is 9.47. The first kappa shape index (κ1) is 11.8. The molecular formula is C11H18N2O2. The van der Waals surface area contributed by atoms with Crippen LogP contribution in [0.1, 0.15) is 38.8 Å². The fraction of sp³-hybridized carbons (Fsp3) is 0.636. The lowest BCUT2D eigenvalue weighted by Crippen LogP contribution is -2.11. The molecular weight excluding hydrogens is 192 g/mol. The fourth-order valence-corrected chi connectivity index (χ4v) is 1.65. The summed E-state index contributed by atoms with van der Waals surface area (Å²) in [6.45, 7) is 7.07. The molecule has 1 aromatic rings. The van der Waals surface area contributed by atoms with Crippen LogP contribution < -0.4 is 0 Å². The van der Waals surface area contributed by atoms with Gasteiger partial charge in [-0.25, -0.2) is 4.98 Å². The summed E-state index contributed by atoms with van der Waals surface area (Å²) in [7, 11) is 0. The van der Waals surface area contributed by atoms with Crippen molar-refractivity contribution in [3.63, 3.8) is 0 Å². The van der Waals surface area contributed by atoms with Crippen LogP contribution in [0.3, 0.4) is 0 Å². The van der Waals surface area contributed by atoms with Gasteiger partial charge in [-0.05, 0) is 5.92 Å². The highest BCUT2D eigenvalue weighted by Crippen LogP contribution is 2.19. The highest BCUT2D eigenvalue weighted by atomic mass is 16.4. The summed E-state index contributed by atoms with van der Waals surface area (Å²) in [4.78, 5) is 14.7. The number of carbonyl (C=O) groups is 1. The molecule has 4 heteroatoms. The Bertz CT molecular complexity index is 331. The summed E-state index contributed by atoms with van der Waals surface area (Å²) >= 11 is 0.